The number of hydrogen-bond acceptors (Lipinski definition) is 4. The molecule has 2 aromatic carbocycles. The molecule has 166 valence electrons. The molecule has 0 heterocycles. The fraction of sp³-hybridized carbons (Fsp3) is 0.348. The van der Waals surface area contributed by atoms with Gasteiger partial charge in [0.1, 0.15) is 12.6 Å². The summed E-state index contributed by atoms with van der Waals surface area (Å²) in [5, 5.41) is 15.1. The topological polar surface area (TPSA) is 105 Å². The average Bonchev–Trinajstić information content (AvgIpc) is 2.76. The predicted octanol–water partition coefficient (Wildman–Crippen LogP) is 3.94. The minimum Gasteiger partial charge on any atom is -0.480 e. The number of aliphatic carboxylic acids is 1. The molecule has 1 atom stereocenters. The van der Waals surface area contributed by atoms with Gasteiger partial charge in [-0.15, -0.1) is 0 Å². The number of nitrogens with one attached hydrogen (secondary N) is 2. The van der Waals surface area contributed by atoms with Gasteiger partial charge < -0.3 is 20.5 Å². The molecule has 31 heavy (non-hydrogen) atoms. The van der Waals surface area contributed by atoms with Gasteiger partial charge in [0.05, 0.1) is 0 Å². The van der Waals surface area contributed by atoms with E-state index in [2.05, 4.69) is 10.6 Å². The van der Waals surface area contributed by atoms with E-state index in [0.29, 0.717) is 36.4 Å². The van der Waals surface area contributed by atoms with Crippen LogP contribution in [-0.4, -0.2) is 35.7 Å². The average molecular weight is 447 g/mol. The molecule has 0 fully saturated rings. The first kappa shape index (κ1) is 24.2. The molecule has 0 saturated carbocycles. The summed E-state index contributed by atoms with van der Waals surface area (Å²) < 4.78 is 5.12. The monoisotopic (exact) mass is 446 g/mol. The molecule has 0 aromatic heterocycles. The number of carboxylic acids is 1. The zero-order valence-corrected chi connectivity index (χ0v) is 17.9. The van der Waals surface area contributed by atoms with E-state index in [4.69, 9.17) is 16.3 Å². The number of rotatable bonds is 12. The van der Waals surface area contributed by atoms with E-state index in [9.17, 15) is 19.5 Å². The largest absolute Gasteiger partial charge is 0.480 e. The molecule has 2 rings (SSSR count). The minimum atomic E-state index is -1.11. The highest BCUT2D eigenvalue weighted by Gasteiger charge is 2.21. The van der Waals surface area contributed by atoms with Crippen LogP contribution in [0.3, 0.4) is 0 Å². The summed E-state index contributed by atoms with van der Waals surface area (Å²) in [6.45, 7) is 0.658. The van der Waals surface area contributed by atoms with Crippen molar-refractivity contribution < 1.29 is 24.2 Å². The molecule has 0 unspecified atom stereocenters. The highest BCUT2D eigenvalue weighted by atomic mass is 35.5. The van der Waals surface area contributed by atoms with Gasteiger partial charge in [-0.2, -0.15) is 0 Å². The van der Waals surface area contributed by atoms with E-state index in [0.717, 1.165) is 5.56 Å². The van der Waals surface area contributed by atoms with Crippen LogP contribution < -0.4 is 10.6 Å². The Hall–Kier alpha value is -3.06. The van der Waals surface area contributed by atoms with Gasteiger partial charge in [-0.05, 0) is 30.0 Å². The van der Waals surface area contributed by atoms with Crippen LogP contribution in [0.1, 0.15) is 36.8 Å². The lowest BCUT2D eigenvalue weighted by molar-refractivity contribution is -0.141. The SMILES string of the molecule is O=C(CCCCCNC(=O)OCc1ccccc1)N[C@@H](Cc1ccccc1Cl)C(=O)O. The molecular formula is C23H27ClN2O5. The summed E-state index contributed by atoms with van der Waals surface area (Å²) in [5.74, 6) is -1.43. The van der Waals surface area contributed by atoms with Crippen LogP contribution in [0, 0.1) is 0 Å². The third kappa shape index (κ3) is 9.53. The zero-order valence-electron chi connectivity index (χ0n) is 17.2. The van der Waals surface area contributed by atoms with E-state index in [1.807, 2.05) is 30.3 Å². The van der Waals surface area contributed by atoms with E-state index in [-0.39, 0.29) is 25.4 Å². The van der Waals surface area contributed by atoms with Crippen molar-refractivity contribution in [3.8, 4) is 0 Å². The molecule has 8 heteroatoms. The van der Waals surface area contributed by atoms with Gasteiger partial charge in [-0.1, -0.05) is 66.6 Å². The Morgan fingerprint density at radius 2 is 1.68 bits per heavy atom. The number of hydrogen-bond donors (Lipinski definition) is 3. The van der Waals surface area contributed by atoms with Gasteiger partial charge in [0.25, 0.3) is 0 Å². The smallest absolute Gasteiger partial charge is 0.407 e. The van der Waals surface area contributed by atoms with Crippen LogP contribution in [-0.2, 0) is 27.4 Å². The molecule has 2 aromatic rings. The number of amides is 2. The maximum Gasteiger partial charge on any atom is 0.407 e. The van der Waals surface area contributed by atoms with Crippen molar-refractivity contribution in [3.05, 3.63) is 70.7 Å². The summed E-state index contributed by atoms with van der Waals surface area (Å²) >= 11 is 6.07. The summed E-state index contributed by atoms with van der Waals surface area (Å²) in [6, 6.07) is 15.3. The fourth-order valence-corrected chi connectivity index (χ4v) is 3.12. The van der Waals surface area contributed by atoms with Gasteiger partial charge in [0.15, 0.2) is 0 Å². The molecule has 0 bridgehead atoms. The lowest BCUT2D eigenvalue weighted by atomic mass is 10.1. The minimum absolute atomic E-state index is 0.121. The molecule has 0 saturated heterocycles. The maximum absolute atomic E-state index is 12.1. The number of alkyl carbamates (subject to hydrolysis) is 1. The molecular weight excluding hydrogens is 420 g/mol. The Bertz CT molecular complexity index is 860. The third-order valence-electron chi connectivity index (χ3n) is 4.58. The molecule has 7 nitrogen and oxygen atoms in total. The summed E-state index contributed by atoms with van der Waals surface area (Å²) in [7, 11) is 0. The highest BCUT2D eigenvalue weighted by molar-refractivity contribution is 6.31. The number of carbonyl (C=O) groups is 3. The van der Waals surface area contributed by atoms with Crippen LogP contribution >= 0.6 is 11.6 Å². The van der Waals surface area contributed by atoms with Crippen LogP contribution in [0.15, 0.2) is 54.6 Å². The maximum atomic E-state index is 12.1. The van der Waals surface area contributed by atoms with E-state index in [1.165, 1.54) is 0 Å². The lowest BCUT2D eigenvalue weighted by Crippen LogP contribution is -2.42. The number of benzene rings is 2. The number of unbranched alkanes of at least 4 members (excludes halogenated alkanes) is 2. The van der Waals surface area contributed by atoms with Gasteiger partial charge >= 0.3 is 12.1 Å². The Morgan fingerprint density at radius 1 is 0.968 bits per heavy atom. The Labute approximate surface area is 186 Å². The number of ether oxygens (including phenoxy) is 1. The van der Waals surface area contributed by atoms with Crippen molar-refractivity contribution in [1.29, 1.82) is 0 Å². The molecule has 0 aliphatic carbocycles. The Morgan fingerprint density at radius 3 is 2.39 bits per heavy atom. The standard InChI is InChI=1S/C23H27ClN2O5/c24-19-12-7-6-11-18(19)15-20(22(28)29)26-21(27)13-5-2-8-14-25-23(30)31-16-17-9-3-1-4-10-17/h1,3-4,6-7,9-12,20H,2,5,8,13-16H2,(H,25,30)(H,26,27)(H,28,29)/t20-/m0/s1. The van der Waals surface area contributed by atoms with Crippen molar-refractivity contribution in [2.75, 3.05) is 6.54 Å². The normalized spacial score (nSPS) is 11.4. The van der Waals surface area contributed by atoms with E-state index < -0.39 is 18.1 Å². The van der Waals surface area contributed by atoms with Gasteiger partial charge in [0.2, 0.25) is 5.91 Å². The predicted molar refractivity (Wildman–Crippen MR) is 118 cm³/mol. The second-order valence-electron chi connectivity index (χ2n) is 7.05. The molecule has 0 spiro atoms. The number of halogens is 1. The van der Waals surface area contributed by atoms with Crippen molar-refractivity contribution in [2.24, 2.45) is 0 Å². The van der Waals surface area contributed by atoms with E-state index >= 15 is 0 Å². The van der Waals surface area contributed by atoms with Crippen LogP contribution in [0.2, 0.25) is 5.02 Å². The third-order valence-corrected chi connectivity index (χ3v) is 4.95. The first-order valence-corrected chi connectivity index (χ1v) is 10.5. The van der Waals surface area contributed by atoms with Gasteiger partial charge in [-0.3, -0.25) is 4.79 Å². The fourth-order valence-electron chi connectivity index (χ4n) is 2.90. The van der Waals surface area contributed by atoms with Crippen molar-refractivity contribution in [1.82, 2.24) is 10.6 Å². The summed E-state index contributed by atoms with van der Waals surface area (Å²) in [6.07, 6.45) is 1.85. The number of carbonyl (C=O) groups excluding carboxylic acids is 2. The lowest BCUT2D eigenvalue weighted by Gasteiger charge is -2.15. The molecule has 0 aliphatic heterocycles. The molecule has 3 N–H and O–H groups in total. The molecule has 2 amide bonds. The van der Waals surface area contributed by atoms with E-state index in [1.54, 1.807) is 24.3 Å². The first-order valence-electron chi connectivity index (χ1n) is 10.2. The molecule has 0 radical (unpaired) electrons. The van der Waals surface area contributed by atoms with Crippen molar-refractivity contribution in [3.63, 3.8) is 0 Å². The Kier molecular flexibility index (Phi) is 10.4. The summed E-state index contributed by atoms with van der Waals surface area (Å²) in [4.78, 5) is 35.2. The van der Waals surface area contributed by atoms with Gasteiger partial charge in [-0.25, -0.2) is 9.59 Å². The van der Waals surface area contributed by atoms with Crippen molar-refractivity contribution in [2.45, 2.75) is 44.8 Å². The highest BCUT2D eigenvalue weighted by Crippen LogP contribution is 2.17. The molecule has 0 aliphatic rings. The second-order valence-corrected chi connectivity index (χ2v) is 7.46. The first-order chi connectivity index (χ1) is 15.0. The van der Waals surface area contributed by atoms with Crippen LogP contribution in [0.4, 0.5) is 4.79 Å². The Balaban J connectivity index is 1.58. The summed E-state index contributed by atoms with van der Waals surface area (Å²) in [5.41, 5.74) is 1.58. The van der Waals surface area contributed by atoms with Gasteiger partial charge in [0, 0.05) is 24.4 Å². The second kappa shape index (κ2) is 13.3. The van der Waals surface area contributed by atoms with Crippen LogP contribution in [0.25, 0.3) is 0 Å². The van der Waals surface area contributed by atoms with Crippen molar-refractivity contribution >= 4 is 29.6 Å². The van der Waals surface area contributed by atoms with Crippen LogP contribution in [0.5, 0.6) is 0 Å². The quantitative estimate of drug-likeness (QED) is 0.428. The number of carboxylic acid groups (broad SMARTS) is 1. The zero-order chi connectivity index (χ0) is 22.5.